The Bertz CT molecular complexity index is 195. The Balaban J connectivity index is 2.50. The summed E-state index contributed by atoms with van der Waals surface area (Å²) in [5, 5.41) is 3.67. The Morgan fingerprint density at radius 1 is 1.29 bits per heavy atom. The van der Waals surface area contributed by atoms with E-state index >= 15 is 0 Å². The second-order valence-electron chi connectivity index (χ2n) is 5.28. The van der Waals surface area contributed by atoms with Crippen LogP contribution in [0.5, 0.6) is 0 Å². The highest BCUT2D eigenvalue weighted by atomic mass is 16.5. The number of ether oxygens (including phenoxy) is 2. The van der Waals surface area contributed by atoms with E-state index in [0.29, 0.717) is 18.1 Å². The average Bonchev–Trinajstić information content (AvgIpc) is 3.15. The van der Waals surface area contributed by atoms with E-state index in [1.165, 1.54) is 19.3 Å². The summed E-state index contributed by atoms with van der Waals surface area (Å²) < 4.78 is 10.9. The van der Waals surface area contributed by atoms with Crippen molar-refractivity contribution in [3.63, 3.8) is 0 Å². The molecular formula is C14H29NO2. The topological polar surface area (TPSA) is 30.5 Å². The van der Waals surface area contributed by atoms with Gasteiger partial charge in [0.2, 0.25) is 0 Å². The molecular weight excluding hydrogens is 214 g/mol. The maximum absolute atomic E-state index is 5.73. The van der Waals surface area contributed by atoms with E-state index in [2.05, 4.69) is 19.2 Å². The Hall–Kier alpha value is -0.120. The summed E-state index contributed by atoms with van der Waals surface area (Å²) in [6.45, 7) is 6.44. The highest BCUT2D eigenvalue weighted by molar-refractivity contribution is 4.92. The standard InChI is InChI=1S/C14H29NO2/c1-5-9-15-13(11(2)8-10-16-3)14(17-4)12-6-7-12/h11-15H,5-10H2,1-4H3. The van der Waals surface area contributed by atoms with Gasteiger partial charge in [-0.15, -0.1) is 0 Å². The maximum Gasteiger partial charge on any atom is 0.0754 e. The zero-order valence-electron chi connectivity index (χ0n) is 11.9. The van der Waals surface area contributed by atoms with E-state index in [9.17, 15) is 0 Å². The van der Waals surface area contributed by atoms with Gasteiger partial charge in [-0.25, -0.2) is 0 Å². The van der Waals surface area contributed by atoms with Gasteiger partial charge in [0.1, 0.15) is 0 Å². The summed E-state index contributed by atoms with van der Waals surface area (Å²) in [6, 6.07) is 0.475. The minimum Gasteiger partial charge on any atom is -0.385 e. The minimum atomic E-state index is 0.383. The van der Waals surface area contributed by atoms with Crippen LogP contribution in [0.15, 0.2) is 0 Å². The molecule has 3 nitrogen and oxygen atoms in total. The fourth-order valence-corrected chi connectivity index (χ4v) is 2.49. The molecule has 1 aliphatic carbocycles. The van der Waals surface area contributed by atoms with Gasteiger partial charge < -0.3 is 14.8 Å². The van der Waals surface area contributed by atoms with Crippen molar-refractivity contribution in [3.8, 4) is 0 Å². The van der Waals surface area contributed by atoms with E-state index in [0.717, 1.165) is 25.5 Å². The largest absolute Gasteiger partial charge is 0.385 e. The molecule has 3 heteroatoms. The van der Waals surface area contributed by atoms with E-state index in [1.54, 1.807) is 7.11 Å². The molecule has 0 heterocycles. The van der Waals surface area contributed by atoms with Crippen LogP contribution >= 0.6 is 0 Å². The molecule has 102 valence electrons. The van der Waals surface area contributed by atoms with Crippen LogP contribution in [0, 0.1) is 11.8 Å². The first-order valence-corrected chi connectivity index (χ1v) is 6.99. The van der Waals surface area contributed by atoms with Crippen molar-refractivity contribution in [3.05, 3.63) is 0 Å². The molecule has 0 aromatic rings. The predicted molar refractivity (Wildman–Crippen MR) is 71.3 cm³/mol. The molecule has 0 aromatic heterocycles. The molecule has 1 fully saturated rings. The molecule has 1 aliphatic rings. The smallest absolute Gasteiger partial charge is 0.0754 e. The van der Waals surface area contributed by atoms with Crippen molar-refractivity contribution >= 4 is 0 Å². The SMILES string of the molecule is CCCNC(C(C)CCOC)C(OC)C1CC1. The van der Waals surface area contributed by atoms with Gasteiger partial charge >= 0.3 is 0 Å². The number of methoxy groups -OCH3 is 2. The lowest BCUT2D eigenvalue weighted by atomic mass is 9.91. The van der Waals surface area contributed by atoms with Gasteiger partial charge in [-0.2, -0.15) is 0 Å². The van der Waals surface area contributed by atoms with E-state index in [4.69, 9.17) is 9.47 Å². The molecule has 0 saturated heterocycles. The first-order valence-electron chi connectivity index (χ1n) is 6.99. The highest BCUT2D eigenvalue weighted by Crippen LogP contribution is 2.37. The Labute approximate surface area is 106 Å². The second-order valence-corrected chi connectivity index (χ2v) is 5.28. The molecule has 17 heavy (non-hydrogen) atoms. The monoisotopic (exact) mass is 243 g/mol. The van der Waals surface area contributed by atoms with Crippen LogP contribution in [0.25, 0.3) is 0 Å². The molecule has 3 atom stereocenters. The first-order chi connectivity index (χ1) is 8.24. The summed E-state index contributed by atoms with van der Waals surface area (Å²) >= 11 is 0. The first kappa shape index (κ1) is 14.9. The zero-order valence-corrected chi connectivity index (χ0v) is 11.9. The number of nitrogens with one attached hydrogen (secondary N) is 1. The molecule has 0 aliphatic heterocycles. The molecule has 3 unspecified atom stereocenters. The molecule has 0 bridgehead atoms. The van der Waals surface area contributed by atoms with Crippen LogP contribution in [0.3, 0.4) is 0 Å². The van der Waals surface area contributed by atoms with Crippen LogP contribution in [-0.4, -0.2) is 39.5 Å². The van der Waals surface area contributed by atoms with Gasteiger partial charge in [-0.05, 0) is 44.1 Å². The molecule has 0 spiro atoms. The van der Waals surface area contributed by atoms with Gasteiger partial charge in [-0.3, -0.25) is 0 Å². The lowest BCUT2D eigenvalue weighted by molar-refractivity contribution is 0.0281. The Morgan fingerprint density at radius 2 is 2.00 bits per heavy atom. The Morgan fingerprint density at radius 3 is 2.47 bits per heavy atom. The highest BCUT2D eigenvalue weighted by Gasteiger charge is 2.38. The van der Waals surface area contributed by atoms with Crippen molar-refractivity contribution in [1.29, 1.82) is 0 Å². The van der Waals surface area contributed by atoms with Crippen LogP contribution in [0.1, 0.15) is 39.5 Å². The molecule has 0 amide bonds. The average molecular weight is 243 g/mol. The van der Waals surface area contributed by atoms with Crippen LogP contribution in [0.2, 0.25) is 0 Å². The van der Waals surface area contributed by atoms with Gasteiger partial charge in [0.25, 0.3) is 0 Å². The van der Waals surface area contributed by atoms with Gasteiger partial charge in [0.05, 0.1) is 6.10 Å². The predicted octanol–water partition coefficient (Wildman–Crippen LogP) is 2.45. The molecule has 1 N–H and O–H groups in total. The Kier molecular flexibility index (Phi) is 7.09. The summed E-state index contributed by atoms with van der Waals surface area (Å²) in [5.41, 5.74) is 0. The fraction of sp³-hybridized carbons (Fsp3) is 1.00. The van der Waals surface area contributed by atoms with E-state index in [1.807, 2.05) is 7.11 Å². The van der Waals surface area contributed by atoms with Crippen LogP contribution in [0.4, 0.5) is 0 Å². The fourth-order valence-electron chi connectivity index (χ4n) is 2.49. The minimum absolute atomic E-state index is 0.383. The van der Waals surface area contributed by atoms with Gasteiger partial charge in [-0.1, -0.05) is 13.8 Å². The summed E-state index contributed by atoms with van der Waals surface area (Å²) in [5.74, 6) is 1.38. The van der Waals surface area contributed by atoms with E-state index < -0.39 is 0 Å². The molecule has 1 saturated carbocycles. The number of rotatable bonds is 10. The zero-order chi connectivity index (χ0) is 12.7. The van der Waals surface area contributed by atoms with Gasteiger partial charge in [0.15, 0.2) is 0 Å². The normalized spacial score (nSPS) is 21.2. The second kappa shape index (κ2) is 8.06. The number of hydrogen-bond acceptors (Lipinski definition) is 3. The molecule has 0 radical (unpaired) electrons. The van der Waals surface area contributed by atoms with Gasteiger partial charge in [0, 0.05) is 26.9 Å². The molecule has 1 rings (SSSR count). The van der Waals surface area contributed by atoms with Crippen LogP contribution in [-0.2, 0) is 9.47 Å². The lowest BCUT2D eigenvalue weighted by Gasteiger charge is -2.32. The van der Waals surface area contributed by atoms with Crippen LogP contribution < -0.4 is 5.32 Å². The van der Waals surface area contributed by atoms with E-state index in [-0.39, 0.29) is 0 Å². The third kappa shape index (κ3) is 4.94. The van der Waals surface area contributed by atoms with Crippen molar-refractivity contribution in [2.75, 3.05) is 27.4 Å². The lowest BCUT2D eigenvalue weighted by Crippen LogP contribution is -2.47. The maximum atomic E-state index is 5.73. The van der Waals surface area contributed by atoms with Crippen molar-refractivity contribution < 1.29 is 9.47 Å². The number of hydrogen-bond donors (Lipinski definition) is 1. The van der Waals surface area contributed by atoms with Crippen molar-refractivity contribution in [1.82, 2.24) is 5.32 Å². The summed E-state index contributed by atoms with van der Waals surface area (Å²) in [4.78, 5) is 0. The molecule has 0 aromatic carbocycles. The van der Waals surface area contributed by atoms with Crippen molar-refractivity contribution in [2.24, 2.45) is 11.8 Å². The summed E-state index contributed by atoms with van der Waals surface area (Å²) in [6.07, 6.45) is 5.33. The third-order valence-electron chi connectivity index (χ3n) is 3.73. The summed E-state index contributed by atoms with van der Waals surface area (Å²) in [7, 11) is 3.63. The van der Waals surface area contributed by atoms with Crippen molar-refractivity contribution in [2.45, 2.75) is 51.7 Å². The quantitative estimate of drug-likeness (QED) is 0.639. The third-order valence-corrected chi connectivity index (χ3v) is 3.73.